The molecule has 0 amide bonds. The molecule has 1 rings (SSSR count). The Labute approximate surface area is 58.2 Å². The Morgan fingerprint density at radius 2 is 2.00 bits per heavy atom. The van der Waals surface area contributed by atoms with Gasteiger partial charge in [0, 0.05) is 18.0 Å². The molecule has 0 saturated heterocycles. The summed E-state index contributed by atoms with van der Waals surface area (Å²) >= 11 is 0. The average Bonchev–Trinajstić information content (AvgIpc) is 2.05. The molecular weight excluding hydrogens is 132 g/mol. The Morgan fingerprint density at radius 3 is 2.50 bits per heavy atom. The third-order valence-corrected chi connectivity index (χ3v) is 1.14. The van der Waals surface area contributed by atoms with Gasteiger partial charge in [-0.15, -0.1) is 0 Å². The number of aliphatic hydroxyl groups is 2. The topological polar surface area (TPSA) is 66.2 Å². The number of hydrogen-bond donors (Lipinski definition) is 2. The van der Waals surface area contributed by atoms with Crippen molar-refractivity contribution in [2.45, 2.75) is 6.10 Å². The summed E-state index contributed by atoms with van der Waals surface area (Å²) in [7, 11) is 0. The predicted octanol–water partition coefficient (Wildman–Crippen LogP) is -0.498. The van der Waals surface area contributed by atoms with Gasteiger partial charge in [0.25, 0.3) is 0 Å². The van der Waals surface area contributed by atoms with Crippen LogP contribution in [0.2, 0.25) is 0 Å². The Kier molecular flexibility index (Phi) is 2.30. The maximum atomic E-state index is 9.00. The van der Waals surface area contributed by atoms with Crippen molar-refractivity contribution in [1.29, 1.82) is 0 Å². The molecule has 0 radical (unpaired) electrons. The van der Waals surface area contributed by atoms with Crippen LogP contribution in [0, 0.1) is 0 Å². The molecule has 10 heavy (non-hydrogen) atoms. The minimum absolute atomic E-state index is 0.298. The van der Waals surface area contributed by atoms with Gasteiger partial charge >= 0.3 is 0 Å². The average molecular weight is 140 g/mol. The highest BCUT2D eigenvalue weighted by atomic mass is 16.3. The normalized spacial score (nSPS) is 13.0. The lowest BCUT2D eigenvalue weighted by Gasteiger charge is -2.03. The maximum Gasteiger partial charge on any atom is 0.115 e. The van der Waals surface area contributed by atoms with Gasteiger partial charge in [0.2, 0.25) is 0 Å². The molecule has 54 valence electrons. The summed E-state index contributed by atoms with van der Waals surface area (Å²) in [6.45, 7) is -0.298. The molecule has 0 fully saturated rings. The van der Waals surface area contributed by atoms with Gasteiger partial charge in [-0.3, -0.25) is 0 Å². The van der Waals surface area contributed by atoms with Crippen molar-refractivity contribution in [3.05, 3.63) is 24.3 Å². The highest BCUT2D eigenvalue weighted by Gasteiger charge is 2.03. The minimum Gasteiger partial charge on any atom is -0.393 e. The first-order valence-corrected chi connectivity index (χ1v) is 2.88. The third kappa shape index (κ3) is 1.49. The van der Waals surface area contributed by atoms with Crippen molar-refractivity contribution in [3.63, 3.8) is 0 Å². The lowest BCUT2D eigenvalue weighted by Crippen LogP contribution is -2.02. The van der Waals surface area contributed by atoms with Crippen LogP contribution in [0.1, 0.15) is 11.7 Å². The summed E-state index contributed by atoms with van der Waals surface area (Å²) < 4.78 is 0. The molecule has 1 unspecified atom stereocenters. The Bertz CT molecular complexity index is 190. The molecule has 4 nitrogen and oxygen atoms in total. The van der Waals surface area contributed by atoms with Crippen molar-refractivity contribution >= 4 is 0 Å². The maximum absolute atomic E-state index is 9.00. The fourth-order valence-electron chi connectivity index (χ4n) is 0.588. The van der Waals surface area contributed by atoms with E-state index in [0.717, 1.165) is 0 Å². The fraction of sp³-hybridized carbons (Fsp3) is 0.333. The van der Waals surface area contributed by atoms with Gasteiger partial charge in [-0.1, -0.05) is 0 Å². The van der Waals surface area contributed by atoms with E-state index in [4.69, 9.17) is 10.2 Å². The van der Waals surface area contributed by atoms with Crippen molar-refractivity contribution < 1.29 is 10.2 Å². The van der Waals surface area contributed by atoms with Crippen LogP contribution >= 0.6 is 0 Å². The van der Waals surface area contributed by atoms with Crippen LogP contribution in [0.4, 0.5) is 0 Å². The Balaban J connectivity index is 2.75. The summed E-state index contributed by atoms with van der Waals surface area (Å²) in [5.41, 5.74) is 0.532. The van der Waals surface area contributed by atoms with Crippen LogP contribution in [0.15, 0.2) is 18.7 Å². The molecule has 0 aliphatic rings. The molecule has 4 heteroatoms. The van der Waals surface area contributed by atoms with Crippen molar-refractivity contribution in [1.82, 2.24) is 9.97 Å². The number of nitrogens with zero attached hydrogens (tertiary/aromatic N) is 2. The molecule has 0 bridgehead atoms. The molecule has 0 spiro atoms. The second-order valence-electron chi connectivity index (χ2n) is 1.87. The third-order valence-electron chi connectivity index (χ3n) is 1.14. The summed E-state index contributed by atoms with van der Waals surface area (Å²) in [5, 5.41) is 17.5. The van der Waals surface area contributed by atoms with Crippen LogP contribution in [0.5, 0.6) is 0 Å². The first-order chi connectivity index (χ1) is 4.84. The Morgan fingerprint density at radius 1 is 1.40 bits per heavy atom. The summed E-state index contributed by atoms with van der Waals surface area (Å²) in [6.07, 6.45) is 3.44. The molecular formula is C6H8N2O2. The molecule has 1 heterocycles. The van der Waals surface area contributed by atoms with Gasteiger partial charge in [-0.25, -0.2) is 9.97 Å². The molecule has 1 atom stereocenters. The van der Waals surface area contributed by atoms with E-state index in [2.05, 4.69) is 9.97 Å². The number of rotatable bonds is 2. The van der Waals surface area contributed by atoms with E-state index in [1.54, 1.807) is 0 Å². The summed E-state index contributed by atoms with van der Waals surface area (Å²) in [4.78, 5) is 7.34. The second-order valence-corrected chi connectivity index (χ2v) is 1.87. The van der Waals surface area contributed by atoms with E-state index in [1.807, 2.05) is 0 Å². The van der Waals surface area contributed by atoms with Gasteiger partial charge in [0.15, 0.2) is 0 Å². The van der Waals surface area contributed by atoms with Crippen molar-refractivity contribution in [3.8, 4) is 0 Å². The van der Waals surface area contributed by atoms with Crippen LogP contribution in [-0.2, 0) is 0 Å². The lowest BCUT2D eigenvalue weighted by molar-refractivity contribution is 0.0950. The van der Waals surface area contributed by atoms with Crippen molar-refractivity contribution in [2.75, 3.05) is 6.61 Å². The van der Waals surface area contributed by atoms with E-state index in [9.17, 15) is 0 Å². The lowest BCUT2D eigenvalue weighted by atomic mass is 10.2. The first-order valence-electron chi connectivity index (χ1n) is 2.88. The molecule has 1 aromatic rings. The standard InChI is InChI=1S/C6H8N2O2/c9-3-6(10)5-1-7-4-8-2-5/h1-2,4,6,9-10H,3H2. The van der Waals surface area contributed by atoms with Crippen LogP contribution in [0.3, 0.4) is 0 Å². The molecule has 0 aliphatic heterocycles. The zero-order chi connectivity index (χ0) is 7.40. The van der Waals surface area contributed by atoms with E-state index in [1.165, 1.54) is 18.7 Å². The monoisotopic (exact) mass is 140 g/mol. The Hall–Kier alpha value is -1.00. The highest BCUT2D eigenvalue weighted by Crippen LogP contribution is 2.06. The van der Waals surface area contributed by atoms with E-state index in [0.29, 0.717) is 5.56 Å². The fourth-order valence-corrected chi connectivity index (χ4v) is 0.588. The zero-order valence-corrected chi connectivity index (χ0v) is 5.31. The van der Waals surface area contributed by atoms with Crippen molar-refractivity contribution in [2.24, 2.45) is 0 Å². The van der Waals surface area contributed by atoms with Crippen LogP contribution in [0.25, 0.3) is 0 Å². The largest absolute Gasteiger partial charge is 0.393 e. The minimum atomic E-state index is -0.860. The van der Waals surface area contributed by atoms with Crippen LogP contribution in [-0.4, -0.2) is 26.8 Å². The van der Waals surface area contributed by atoms with Gasteiger partial charge in [-0.2, -0.15) is 0 Å². The molecule has 0 aliphatic carbocycles. The highest BCUT2D eigenvalue weighted by molar-refractivity contribution is 5.05. The molecule has 0 aromatic carbocycles. The summed E-state index contributed by atoms with van der Waals surface area (Å²) in [6, 6.07) is 0. The zero-order valence-electron chi connectivity index (χ0n) is 5.31. The molecule has 0 saturated carbocycles. The quantitative estimate of drug-likeness (QED) is 0.581. The SMILES string of the molecule is OCC(O)c1cncnc1. The van der Waals surface area contributed by atoms with Gasteiger partial charge in [-0.05, 0) is 0 Å². The number of aliphatic hydroxyl groups excluding tert-OH is 2. The second kappa shape index (κ2) is 3.24. The van der Waals surface area contributed by atoms with Gasteiger partial charge in [0.1, 0.15) is 12.4 Å². The number of hydrogen-bond acceptors (Lipinski definition) is 4. The van der Waals surface area contributed by atoms with E-state index >= 15 is 0 Å². The smallest absolute Gasteiger partial charge is 0.115 e. The number of aromatic nitrogens is 2. The molecule has 1 aromatic heterocycles. The first kappa shape index (κ1) is 7.11. The van der Waals surface area contributed by atoms with E-state index < -0.39 is 6.10 Å². The van der Waals surface area contributed by atoms with Crippen LogP contribution < -0.4 is 0 Å². The van der Waals surface area contributed by atoms with Gasteiger partial charge in [0.05, 0.1) is 6.61 Å². The predicted molar refractivity (Wildman–Crippen MR) is 34.1 cm³/mol. The van der Waals surface area contributed by atoms with E-state index in [-0.39, 0.29) is 6.61 Å². The van der Waals surface area contributed by atoms with Gasteiger partial charge < -0.3 is 10.2 Å². The molecule has 2 N–H and O–H groups in total. The summed E-state index contributed by atoms with van der Waals surface area (Å²) in [5.74, 6) is 0.